The van der Waals surface area contributed by atoms with E-state index < -0.39 is 0 Å². The Morgan fingerprint density at radius 2 is 2.38 bits per heavy atom. The minimum absolute atomic E-state index is 0.0185. The van der Waals surface area contributed by atoms with Crippen LogP contribution in [0.1, 0.15) is 12.8 Å². The number of halogens is 1. The quantitative estimate of drug-likeness (QED) is 0.713. The van der Waals surface area contributed by atoms with Gasteiger partial charge in [0.2, 0.25) is 11.0 Å². The third-order valence-electron chi connectivity index (χ3n) is 3.36. The van der Waals surface area contributed by atoms with Crippen molar-refractivity contribution < 1.29 is 9.53 Å². The SMILES string of the molecule is O=C(CSc1nnc(Nc2cccc(Cl)c2)s1)NC[C@@H]1CCCO1. The lowest BCUT2D eigenvalue weighted by molar-refractivity contribution is -0.119. The molecule has 1 fully saturated rings. The molecule has 6 nitrogen and oxygen atoms in total. The van der Waals surface area contributed by atoms with Crippen molar-refractivity contribution in [1.29, 1.82) is 0 Å². The van der Waals surface area contributed by atoms with E-state index in [0.29, 0.717) is 22.5 Å². The zero-order valence-corrected chi connectivity index (χ0v) is 15.2. The van der Waals surface area contributed by atoms with Gasteiger partial charge in [-0.2, -0.15) is 0 Å². The topological polar surface area (TPSA) is 76.1 Å². The molecule has 1 aromatic carbocycles. The summed E-state index contributed by atoms with van der Waals surface area (Å²) >= 11 is 8.72. The number of anilines is 2. The van der Waals surface area contributed by atoms with Crippen molar-refractivity contribution in [2.75, 3.05) is 24.2 Å². The Labute approximate surface area is 153 Å². The van der Waals surface area contributed by atoms with Crippen LogP contribution in [-0.4, -0.2) is 41.1 Å². The van der Waals surface area contributed by atoms with Crippen LogP contribution in [0.2, 0.25) is 5.02 Å². The third kappa shape index (κ3) is 5.34. The number of benzene rings is 1. The Bertz CT molecular complexity index is 692. The van der Waals surface area contributed by atoms with Gasteiger partial charge >= 0.3 is 0 Å². The summed E-state index contributed by atoms with van der Waals surface area (Å²) in [5, 5.41) is 15.5. The number of hydrogen-bond donors (Lipinski definition) is 2. The molecule has 1 saturated heterocycles. The number of hydrogen-bond acceptors (Lipinski definition) is 7. The maximum absolute atomic E-state index is 11.8. The molecule has 0 unspecified atom stereocenters. The van der Waals surface area contributed by atoms with Crippen LogP contribution in [0.5, 0.6) is 0 Å². The highest BCUT2D eigenvalue weighted by Crippen LogP contribution is 2.28. The highest BCUT2D eigenvalue weighted by molar-refractivity contribution is 8.01. The van der Waals surface area contributed by atoms with Crippen LogP contribution in [0.3, 0.4) is 0 Å². The number of rotatable bonds is 7. The van der Waals surface area contributed by atoms with Crippen molar-refractivity contribution in [1.82, 2.24) is 15.5 Å². The van der Waals surface area contributed by atoms with Gasteiger partial charge in [-0.15, -0.1) is 10.2 Å². The van der Waals surface area contributed by atoms with Gasteiger partial charge in [0.1, 0.15) is 0 Å². The summed E-state index contributed by atoms with van der Waals surface area (Å²) in [6.07, 6.45) is 2.25. The summed E-state index contributed by atoms with van der Waals surface area (Å²) in [5.41, 5.74) is 0.851. The number of nitrogens with zero attached hydrogens (tertiary/aromatic N) is 2. The van der Waals surface area contributed by atoms with Crippen LogP contribution in [0.15, 0.2) is 28.6 Å². The highest BCUT2D eigenvalue weighted by Gasteiger charge is 2.16. The lowest BCUT2D eigenvalue weighted by atomic mass is 10.2. The third-order valence-corrected chi connectivity index (χ3v) is 5.57. The first kappa shape index (κ1) is 17.5. The Kier molecular flexibility index (Phi) is 6.30. The van der Waals surface area contributed by atoms with Crippen molar-refractivity contribution in [2.45, 2.75) is 23.3 Å². The van der Waals surface area contributed by atoms with Gasteiger partial charge in [0.05, 0.1) is 11.9 Å². The summed E-state index contributed by atoms with van der Waals surface area (Å²) in [5.74, 6) is 0.300. The number of nitrogens with one attached hydrogen (secondary N) is 2. The zero-order chi connectivity index (χ0) is 16.8. The predicted octanol–water partition coefficient (Wildman–Crippen LogP) is 3.32. The van der Waals surface area contributed by atoms with Gasteiger partial charge in [-0.1, -0.05) is 40.8 Å². The van der Waals surface area contributed by atoms with E-state index in [2.05, 4.69) is 20.8 Å². The molecule has 1 aromatic heterocycles. The molecular weight excluding hydrogens is 368 g/mol. The molecule has 0 radical (unpaired) electrons. The number of carbonyl (C=O) groups is 1. The summed E-state index contributed by atoms with van der Waals surface area (Å²) in [4.78, 5) is 11.8. The molecule has 2 aromatic rings. The van der Waals surface area contributed by atoms with Gasteiger partial charge in [0.25, 0.3) is 0 Å². The van der Waals surface area contributed by atoms with Crippen molar-refractivity contribution in [3.8, 4) is 0 Å². The number of aromatic nitrogens is 2. The normalized spacial score (nSPS) is 17.0. The van der Waals surface area contributed by atoms with Crippen LogP contribution in [0, 0.1) is 0 Å². The summed E-state index contributed by atoms with van der Waals surface area (Å²) in [6.45, 7) is 1.37. The smallest absolute Gasteiger partial charge is 0.230 e. The molecular formula is C15H17ClN4O2S2. The molecule has 0 aliphatic carbocycles. The second kappa shape index (κ2) is 8.66. The van der Waals surface area contributed by atoms with Gasteiger partial charge in [-0.05, 0) is 31.0 Å². The fourth-order valence-corrected chi connectivity index (χ4v) is 4.01. The van der Waals surface area contributed by atoms with Gasteiger partial charge < -0.3 is 15.4 Å². The van der Waals surface area contributed by atoms with Gasteiger partial charge in [-0.3, -0.25) is 4.79 Å². The standard InChI is InChI=1S/C15H17ClN4O2S2/c16-10-3-1-4-11(7-10)18-14-19-20-15(24-14)23-9-13(21)17-8-12-5-2-6-22-12/h1,3-4,7,12H,2,5-6,8-9H2,(H,17,21)(H,18,19)/t12-/m0/s1. The van der Waals surface area contributed by atoms with E-state index in [-0.39, 0.29) is 12.0 Å². The maximum atomic E-state index is 11.8. The van der Waals surface area contributed by atoms with E-state index in [1.807, 2.05) is 24.3 Å². The highest BCUT2D eigenvalue weighted by atomic mass is 35.5. The van der Waals surface area contributed by atoms with Crippen molar-refractivity contribution in [2.24, 2.45) is 0 Å². The maximum Gasteiger partial charge on any atom is 0.230 e. The largest absolute Gasteiger partial charge is 0.376 e. The second-order valence-corrected chi connectivity index (χ2v) is 7.87. The van der Waals surface area contributed by atoms with E-state index >= 15 is 0 Å². The fraction of sp³-hybridized carbons (Fsp3) is 0.400. The monoisotopic (exact) mass is 384 g/mol. The average molecular weight is 385 g/mol. The van der Waals surface area contributed by atoms with Gasteiger partial charge in [0.15, 0.2) is 4.34 Å². The first-order valence-electron chi connectivity index (χ1n) is 7.56. The van der Waals surface area contributed by atoms with Crippen molar-refractivity contribution >= 4 is 51.4 Å². The number of thioether (sulfide) groups is 1. The first-order chi connectivity index (χ1) is 11.7. The van der Waals surface area contributed by atoms with Crippen molar-refractivity contribution in [3.05, 3.63) is 29.3 Å². The Hall–Kier alpha value is -1.35. The van der Waals surface area contributed by atoms with E-state index in [9.17, 15) is 4.79 Å². The Morgan fingerprint density at radius 3 is 3.17 bits per heavy atom. The molecule has 24 heavy (non-hydrogen) atoms. The van der Waals surface area contributed by atoms with E-state index in [0.717, 1.165) is 29.5 Å². The first-order valence-corrected chi connectivity index (χ1v) is 9.74. The average Bonchev–Trinajstić information content (AvgIpc) is 3.23. The number of amides is 1. The lowest BCUT2D eigenvalue weighted by Gasteiger charge is -2.09. The lowest BCUT2D eigenvalue weighted by Crippen LogP contribution is -2.32. The summed E-state index contributed by atoms with van der Waals surface area (Å²) < 4.78 is 6.22. The summed E-state index contributed by atoms with van der Waals surface area (Å²) in [7, 11) is 0. The molecule has 0 spiro atoms. The van der Waals surface area contributed by atoms with Gasteiger partial charge in [0, 0.05) is 23.9 Å². The molecule has 0 bridgehead atoms. The minimum Gasteiger partial charge on any atom is -0.376 e. The molecule has 2 heterocycles. The van der Waals surface area contributed by atoms with Gasteiger partial charge in [-0.25, -0.2) is 0 Å². The van der Waals surface area contributed by atoms with Crippen LogP contribution >= 0.6 is 34.7 Å². The molecule has 2 N–H and O–H groups in total. The molecule has 128 valence electrons. The van der Waals surface area contributed by atoms with E-state index in [1.165, 1.54) is 23.1 Å². The Morgan fingerprint density at radius 1 is 1.46 bits per heavy atom. The second-order valence-electron chi connectivity index (χ2n) is 5.24. The Balaban J connectivity index is 1.43. The van der Waals surface area contributed by atoms with Crippen LogP contribution < -0.4 is 10.6 Å². The van der Waals surface area contributed by atoms with Crippen LogP contribution in [0.25, 0.3) is 0 Å². The number of ether oxygens (including phenoxy) is 1. The predicted molar refractivity (Wildman–Crippen MR) is 97.4 cm³/mol. The molecule has 1 atom stereocenters. The van der Waals surface area contributed by atoms with Crippen molar-refractivity contribution in [3.63, 3.8) is 0 Å². The fourth-order valence-electron chi connectivity index (χ4n) is 2.22. The van der Waals surface area contributed by atoms with E-state index in [4.69, 9.17) is 16.3 Å². The molecule has 1 aliphatic heterocycles. The molecule has 0 saturated carbocycles. The minimum atomic E-state index is -0.0185. The molecule has 1 aliphatic rings. The molecule has 3 rings (SSSR count). The molecule has 9 heteroatoms. The summed E-state index contributed by atoms with van der Waals surface area (Å²) in [6, 6.07) is 7.38. The number of carbonyl (C=O) groups excluding carboxylic acids is 1. The zero-order valence-electron chi connectivity index (χ0n) is 12.8. The molecule has 1 amide bonds. The van der Waals surface area contributed by atoms with Crippen LogP contribution in [-0.2, 0) is 9.53 Å². The van der Waals surface area contributed by atoms with E-state index in [1.54, 1.807) is 0 Å². The van der Waals surface area contributed by atoms with Crippen LogP contribution in [0.4, 0.5) is 10.8 Å².